The third kappa shape index (κ3) is 4.14. The molecule has 1 unspecified atom stereocenters. The average Bonchev–Trinajstić information content (AvgIpc) is 2.18. The summed E-state index contributed by atoms with van der Waals surface area (Å²) in [6.45, 7) is 4.83. The predicted molar refractivity (Wildman–Crippen MR) is 66.3 cm³/mol. The van der Waals surface area contributed by atoms with Gasteiger partial charge in [-0.25, -0.2) is 0 Å². The highest BCUT2D eigenvalue weighted by Gasteiger charge is 2.02. The largest absolute Gasteiger partial charge is 0.330 e. The molecule has 0 heterocycles. The second-order valence-electron chi connectivity index (χ2n) is 3.97. The zero-order chi connectivity index (χ0) is 11.3. The van der Waals surface area contributed by atoms with Crippen molar-refractivity contribution < 1.29 is 4.21 Å². The van der Waals surface area contributed by atoms with E-state index < -0.39 is 10.8 Å². The van der Waals surface area contributed by atoms with Crippen molar-refractivity contribution in [3.63, 3.8) is 0 Å². The van der Waals surface area contributed by atoms with Crippen LogP contribution in [-0.2, 0) is 16.6 Å². The minimum absolute atomic E-state index is 0.497. The number of rotatable bonds is 5. The molecule has 0 radical (unpaired) electrons. The maximum Gasteiger partial charge on any atom is 0.0486 e. The lowest BCUT2D eigenvalue weighted by atomic mass is 10.0. The van der Waals surface area contributed by atoms with Crippen molar-refractivity contribution in [1.29, 1.82) is 0 Å². The van der Waals surface area contributed by atoms with Crippen LogP contribution in [0.5, 0.6) is 0 Å². The molecule has 0 spiro atoms. The van der Waals surface area contributed by atoms with Gasteiger partial charge in [-0.2, -0.15) is 0 Å². The number of hydrogen-bond donors (Lipinski definition) is 1. The Balaban J connectivity index is 2.60. The van der Waals surface area contributed by atoms with Crippen molar-refractivity contribution in [2.24, 2.45) is 5.73 Å². The van der Waals surface area contributed by atoms with Gasteiger partial charge in [-0.3, -0.25) is 4.21 Å². The second-order valence-corrected chi connectivity index (χ2v) is 5.55. The van der Waals surface area contributed by atoms with Crippen LogP contribution in [0.4, 0.5) is 0 Å². The van der Waals surface area contributed by atoms with Crippen LogP contribution in [-0.4, -0.2) is 16.5 Å². The standard InChI is InChI=1S/C12H19NOS/c1-10(2)12-5-3-11(4-6-12)9-15(14)8-7-13/h3-6,10H,7-9,13H2,1-2H3. The van der Waals surface area contributed by atoms with E-state index >= 15 is 0 Å². The third-order valence-electron chi connectivity index (χ3n) is 2.32. The maximum absolute atomic E-state index is 11.5. The summed E-state index contributed by atoms with van der Waals surface area (Å²) >= 11 is 0. The molecule has 0 aromatic heterocycles. The van der Waals surface area contributed by atoms with Gasteiger partial charge in [0, 0.05) is 28.9 Å². The topological polar surface area (TPSA) is 43.1 Å². The number of benzene rings is 1. The Labute approximate surface area is 94.3 Å². The summed E-state index contributed by atoms with van der Waals surface area (Å²) in [6, 6.07) is 8.34. The number of hydrogen-bond acceptors (Lipinski definition) is 2. The summed E-state index contributed by atoms with van der Waals surface area (Å²) < 4.78 is 11.5. The molecule has 0 saturated heterocycles. The minimum Gasteiger partial charge on any atom is -0.330 e. The Bertz CT molecular complexity index is 319. The van der Waals surface area contributed by atoms with Gasteiger partial charge in [0.2, 0.25) is 0 Å². The molecular weight excluding hydrogens is 206 g/mol. The molecule has 0 fully saturated rings. The molecule has 1 aromatic rings. The van der Waals surface area contributed by atoms with E-state index in [1.807, 2.05) is 0 Å². The number of nitrogens with two attached hydrogens (primary N) is 1. The fourth-order valence-electron chi connectivity index (χ4n) is 1.39. The van der Waals surface area contributed by atoms with Crippen molar-refractivity contribution in [2.75, 3.05) is 12.3 Å². The molecule has 15 heavy (non-hydrogen) atoms. The molecule has 0 saturated carbocycles. The average molecular weight is 225 g/mol. The van der Waals surface area contributed by atoms with Gasteiger partial charge in [0.1, 0.15) is 0 Å². The van der Waals surface area contributed by atoms with Crippen LogP contribution in [0, 0.1) is 0 Å². The summed E-state index contributed by atoms with van der Waals surface area (Å²) in [5.74, 6) is 1.76. The highest BCUT2D eigenvalue weighted by molar-refractivity contribution is 7.84. The van der Waals surface area contributed by atoms with E-state index in [0.717, 1.165) is 5.56 Å². The summed E-state index contributed by atoms with van der Waals surface area (Å²) in [4.78, 5) is 0. The highest BCUT2D eigenvalue weighted by Crippen LogP contribution is 2.15. The molecule has 2 nitrogen and oxygen atoms in total. The van der Waals surface area contributed by atoms with E-state index in [1.165, 1.54) is 5.56 Å². The summed E-state index contributed by atoms with van der Waals surface area (Å²) in [5.41, 5.74) is 7.81. The monoisotopic (exact) mass is 225 g/mol. The molecule has 0 amide bonds. The molecule has 1 atom stereocenters. The van der Waals surface area contributed by atoms with Crippen LogP contribution in [0.2, 0.25) is 0 Å². The van der Waals surface area contributed by atoms with Crippen LogP contribution >= 0.6 is 0 Å². The Morgan fingerprint density at radius 3 is 2.33 bits per heavy atom. The normalized spacial score (nSPS) is 13.1. The molecule has 0 aliphatic heterocycles. The third-order valence-corrected chi connectivity index (χ3v) is 3.67. The molecule has 1 aromatic carbocycles. The lowest BCUT2D eigenvalue weighted by Gasteiger charge is -2.06. The molecule has 0 bridgehead atoms. The SMILES string of the molecule is CC(C)c1ccc(CS(=O)CCN)cc1. The molecule has 2 N–H and O–H groups in total. The van der Waals surface area contributed by atoms with E-state index in [4.69, 9.17) is 5.73 Å². The smallest absolute Gasteiger partial charge is 0.0486 e. The van der Waals surface area contributed by atoms with Crippen molar-refractivity contribution in [3.05, 3.63) is 35.4 Å². The van der Waals surface area contributed by atoms with Crippen molar-refractivity contribution in [1.82, 2.24) is 0 Å². The van der Waals surface area contributed by atoms with Crippen LogP contribution in [0.1, 0.15) is 30.9 Å². The van der Waals surface area contributed by atoms with Crippen LogP contribution in [0.25, 0.3) is 0 Å². The lowest BCUT2D eigenvalue weighted by molar-refractivity contribution is 0.682. The molecule has 3 heteroatoms. The molecule has 0 aliphatic rings. The fourth-order valence-corrected chi connectivity index (χ4v) is 2.36. The first-order valence-corrected chi connectivity index (χ1v) is 6.76. The summed E-state index contributed by atoms with van der Waals surface area (Å²) in [5, 5.41) is 0. The summed E-state index contributed by atoms with van der Waals surface area (Å²) in [7, 11) is -0.813. The van der Waals surface area contributed by atoms with Crippen molar-refractivity contribution >= 4 is 10.8 Å². The van der Waals surface area contributed by atoms with Gasteiger partial charge in [0.15, 0.2) is 0 Å². The van der Waals surface area contributed by atoms with Crippen LogP contribution in [0.15, 0.2) is 24.3 Å². The Morgan fingerprint density at radius 2 is 1.87 bits per heavy atom. The fraction of sp³-hybridized carbons (Fsp3) is 0.500. The van der Waals surface area contributed by atoms with E-state index in [-0.39, 0.29) is 0 Å². The quantitative estimate of drug-likeness (QED) is 0.833. The zero-order valence-electron chi connectivity index (χ0n) is 9.40. The van der Waals surface area contributed by atoms with E-state index in [2.05, 4.69) is 38.1 Å². The molecule has 1 rings (SSSR count). The second kappa shape index (κ2) is 6.03. The Morgan fingerprint density at radius 1 is 1.27 bits per heavy atom. The van der Waals surface area contributed by atoms with Gasteiger partial charge >= 0.3 is 0 Å². The molecular formula is C12H19NOS. The zero-order valence-corrected chi connectivity index (χ0v) is 10.2. The Hall–Kier alpha value is -0.670. The highest BCUT2D eigenvalue weighted by atomic mass is 32.2. The van der Waals surface area contributed by atoms with Gasteiger partial charge in [0.05, 0.1) is 0 Å². The van der Waals surface area contributed by atoms with Crippen LogP contribution < -0.4 is 5.73 Å². The molecule has 0 aliphatic carbocycles. The maximum atomic E-state index is 11.5. The van der Waals surface area contributed by atoms with Crippen molar-refractivity contribution in [2.45, 2.75) is 25.5 Å². The molecule has 84 valence electrons. The van der Waals surface area contributed by atoms with Gasteiger partial charge in [-0.15, -0.1) is 0 Å². The predicted octanol–water partition coefficient (Wildman–Crippen LogP) is 2.02. The van der Waals surface area contributed by atoms with Gasteiger partial charge in [-0.1, -0.05) is 38.1 Å². The first-order valence-electron chi connectivity index (χ1n) is 5.27. The van der Waals surface area contributed by atoms with Gasteiger partial charge < -0.3 is 5.73 Å². The van der Waals surface area contributed by atoms with Gasteiger partial charge in [0.25, 0.3) is 0 Å². The minimum atomic E-state index is -0.813. The van der Waals surface area contributed by atoms with E-state index in [0.29, 0.717) is 24.0 Å². The van der Waals surface area contributed by atoms with Crippen molar-refractivity contribution in [3.8, 4) is 0 Å². The first-order chi connectivity index (χ1) is 7.13. The van der Waals surface area contributed by atoms with Crippen LogP contribution in [0.3, 0.4) is 0 Å². The van der Waals surface area contributed by atoms with E-state index in [1.54, 1.807) is 0 Å². The van der Waals surface area contributed by atoms with Gasteiger partial charge in [-0.05, 0) is 17.0 Å². The van der Waals surface area contributed by atoms with E-state index in [9.17, 15) is 4.21 Å². The first kappa shape index (κ1) is 12.4. The lowest BCUT2D eigenvalue weighted by Crippen LogP contribution is -2.11. The Kier molecular flexibility index (Phi) is 4.99. The summed E-state index contributed by atoms with van der Waals surface area (Å²) in [6.07, 6.45) is 0.